The number of alkyl halides is 3. The molecule has 0 spiro atoms. The number of amides is 2. The highest BCUT2D eigenvalue weighted by Crippen LogP contribution is 2.32. The molecule has 6 nitrogen and oxygen atoms in total. The third-order valence-electron chi connectivity index (χ3n) is 5.42. The molecule has 0 fully saturated rings. The van der Waals surface area contributed by atoms with E-state index in [-0.39, 0.29) is 17.9 Å². The van der Waals surface area contributed by atoms with Gasteiger partial charge in [0.2, 0.25) is 5.91 Å². The molecule has 0 bridgehead atoms. The molecular formula is C23H26F3N3O3. The summed E-state index contributed by atoms with van der Waals surface area (Å²) in [5, 5.41) is 11.5. The Balaban J connectivity index is 1.85. The third kappa shape index (κ3) is 5.86. The monoisotopic (exact) mass is 449 g/mol. The zero-order valence-corrected chi connectivity index (χ0v) is 17.8. The van der Waals surface area contributed by atoms with Gasteiger partial charge in [-0.05, 0) is 86.6 Å². The van der Waals surface area contributed by atoms with E-state index in [0.717, 1.165) is 23.3 Å². The molecule has 1 aliphatic carbocycles. The number of hydroxylamine groups is 1. The highest BCUT2D eigenvalue weighted by atomic mass is 19.4. The van der Waals surface area contributed by atoms with E-state index in [0.29, 0.717) is 30.5 Å². The number of benzene rings is 2. The van der Waals surface area contributed by atoms with Crippen molar-refractivity contribution in [3.8, 4) is 0 Å². The lowest BCUT2D eigenvalue weighted by molar-refractivity contribution is -0.137. The zero-order valence-electron chi connectivity index (χ0n) is 17.8. The maximum absolute atomic E-state index is 13.4. The Morgan fingerprint density at radius 2 is 1.84 bits per heavy atom. The number of carbonyl (C=O) groups is 2. The average Bonchev–Trinajstić information content (AvgIpc) is 2.70. The minimum absolute atomic E-state index is 0.116. The Morgan fingerprint density at radius 1 is 1.12 bits per heavy atom. The van der Waals surface area contributed by atoms with Crippen molar-refractivity contribution in [2.75, 3.05) is 5.32 Å². The first-order valence-corrected chi connectivity index (χ1v) is 10.2. The van der Waals surface area contributed by atoms with Crippen LogP contribution < -0.4 is 16.5 Å². The number of fused-ring (bicyclic) bond motifs is 1. The van der Waals surface area contributed by atoms with Gasteiger partial charge in [0.05, 0.1) is 5.56 Å². The standard InChI is InChI=1S/C23H26F3N3O3/c1-22(2,27)12-13-7-17(10-18(8-13)23(24,25)26)20(30)28-19-6-5-14-3-4-15(21(31)29-32)9-16(14)11-19/h5-8,10-11,15,32H,3-4,9,12,27H2,1-2H3,(H,28,30)(H,29,31). The molecular weight excluding hydrogens is 423 g/mol. The molecule has 5 N–H and O–H groups in total. The molecule has 1 atom stereocenters. The quantitative estimate of drug-likeness (QED) is 0.411. The van der Waals surface area contributed by atoms with Crippen LogP contribution in [-0.2, 0) is 30.2 Å². The van der Waals surface area contributed by atoms with Crippen molar-refractivity contribution in [3.05, 3.63) is 64.2 Å². The summed E-state index contributed by atoms with van der Waals surface area (Å²) in [6.45, 7) is 3.40. The molecule has 172 valence electrons. The summed E-state index contributed by atoms with van der Waals surface area (Å²) in [7, 11) is 0. The molecule has 9 heteroatoms. The summed E-state index contributed by atoms with van der Waals surface area (Å²) in [5.74, 6) is -1.53. The van der Waals surface area contributed by atoms with Crippen molar-refractivity contribution < 1.29 is 28.0 Å². The number of aryl methyl sites for hydroxylation is 1. The predicted molar refractivity (Wildman–Crippen MR) is 113 cm³/mol. The molecule has 0 saturated carbocycles. The topological polar surface area (TPSA) is 104 Å². The van der Waals surface area contributed by atoms with Crippen molar-refractivity contribution in [2.45, 2.75) is 51.2 Å². The minimum Gasteiger partial charge on any atom is -0.325 e. The Labute approximate surface area is 184 Å². The van der Waals surface area contributed by atoms with Crippen LogP contribution in [0.4, 0.5) is 18.9 Å². The van der Waals surface area contributed by atoms with Crippen LogP contribution >= 0.6 is 0 Å². The van der Waals surface area contributed by atoms with E-state index >= 15 is 0 Å². The van der Waals surface area contributed by atoms with Crippen LogP contribution in [0, 0.1) is 5.92 Å². The number of nitrogens with two attached hydrogens (primary N) is 1. The Kier molecular flexibility index (Phi) is 6.61. The second-order valence-corrected chi connectivity index (χ2v) is 8.94. The predicted octanol–water partition coefficient (Wildman–Crippen LogP) is 3.85. The van der Waals surface area contributed by atoms with Crippen molar-refractivity contribution in [3.63, 3.8) is 0 Å². The second kappa shape index (κ2) is 8.91. The number of nitrogens with one attached hydrogen (secondary N) is 2. The summed E-state index contributed by atoms with van der Waals surface area (Å²) in [6.07, 6.45) is -2.80. The van der Waals surface area contributed by atoms with Crippen LogP contribution in [0.5, 0.6) is 0 Å². The first-order valence-electron chi connectivity index (χ1n) is 10.2. The maximum Gasteiger partial charge on any atom is 0.416 e. The van der Waals surface area contributed by atoms with E-state index in [1.165, 1.54) is 6.07 Å². The van der Waals surface area contributed by atoms with Gasteiger partial charge in [0.25, 0.3) is 5.91 Å². The molecule has 2 aromatic rings. The Hall–Kier alpha value is -2.91. The fraction of sp³-hybridized carbons (Fsp3) is 0.391. The van der Waals surface area contributed by atoms with Crippen LogP contribution in [0.2, 0.25) is 0 Å². The van der Waals surface area contributed by atoms with Gasteiger partial charge >= 0.3 is 6.18 Å². The normalized spacial score (nSPS) is 16.3. The first-order chi connectivity index (χ1) is 14.9. The maximum atomic E-state index is 13.4. The van der Waals surface area contributed by atoms with Gasteiger partial charge in [-0.25, -0.2) is 5.48 Å². The molecule has 0 aromatic heterocycles. The third-order valence-corrected chi connectivity index (χ3v) is 5.42. The highest BCUT2D eigenvalue weighted by molar-refractivity contribution is 6.04. The molecule has 3 rings (SSSR count). The first kappa shape index (κ1) is 23.7. The van der Waals surface area contributed by atoms with E-state index in [9.17, 15) is 22.8 Å². The fourth-order valence-electron chi connectivity index (χ4n) is 3.97. The number of halogens is 3. The Morgan fingerprint density at radius 3 is 2.47 bits per heavy atom. The van der Waals surface area contributed by atoms with Crippen LogP contribution in [-0.4, -0.2) is 22.6 Å². The summed E-state index contributed by atoms with van der Waals surface area (Å²) in [6, 6.07) is 8.47. The van der Waals surface area contributed by atoms with Crippen molar-refractivity contribution >= 4 is 17.5 Å². The van der Waals surface area contributed by atoms with Crippen molar-refractivity contribution in [1.82, 2.24) is 5.48 Å². The van der Waals surface area contributed by atoms with Gasteiger partial charge in [-0.2, -0.15) is 13.2 Å². The van der Waals surface area contributed by atoms with E-state index in [2.05, 4.69) is 5.32 Å². The molecule has 0 saturated heterocycles. The summed E-state index contributed by atoms with van der Waals surface area (Å²) in [5.41, 5.74) is 8.46. The number of hydrogen-bond donors (Lipinski definition) is 4. The average molecular weight is 449 g/mol. The Bertz CT molecular complexity index is 1030. The van der Waals surface area contributed by atoms with E-state index in [1.54, 1.807) is 31.5 Å². The van der Waals surface area contributed by atoms with E-state index in [4.69, 9.17) is 10.9 Å². The molecule has 0 radical (unpaired) electrons. The molecule has 0 aliphatic heterocycles. The van der Waals surface area contributed by atoms with Gasteiger partial charge in [0, 0.05) is 22.7 Å². The van der Waals surface area contributed by atoms with Gasteiger partial charge < -0.3 is 11.1 Å². The van der Waals surface area contributed by atoms with Gasteiger partial charge in [-0.15, -0.1) is 0 Å². The molecule has 32 heavy (non-hydrogen) atoms. The van der Waals surface area contributed by atoms with Crippen LogP contribution in [0.3, 0.4) is 0 Å². The molecule has 2 aromatic carbocycles. The number of anilines is 1. The minimum atomic E-state index is -4.60. The van der Waals surface area contributed by atoms with Gasteiger partial charge in [0.1, 0.15) is 0 Å². The van der Waals surface area contributed by atoms with E-state index < -0.39 is 29.1 Å². The molecule has 2 amide bonds. The molecule has 0 heterocycles. The fourth-order valence-corrected chi connectivity index (χ4v) is 3.97. The highest BCUT2D eigenvalue weighted by Gasteiger charge is 2.32. The lowest BCUT2D eigenvalue weighted by Gasteiger charge is -2.23. The largest absolute Gasteiger partial charge is 0.416 e. The van der Waals surface area contributed by atoms with Crippen LogP contribution in [0.15, 0.2) is 36.4 Å². The number of rotatable bonds is 5. The summed E-state index contributed by atoms with van der Waals surface area (Å²) >= 11 is 0. The number of carbonyl (C=O) groups excluding carboxylic acids is 2. The summed E-state index contributed by atoms with van der Waals surface area (Å²) < 4.78 is 40.1. The lowest BCUT2D eigenvalue weighted by Crippen LogP contribution is -2.34. The van der Waals surface area contributed by atoms with Gasteiger partial charge in [-0.3, -0.25) is 14.8 Å². The van der Waals surface area contributed by atoms with E-state index in [1.807, 2.05) is 6.07 Å². The number of hydrogen-bond acceptors (Lipinski definition) is 4. The van der Waals surface area contributed by atoms with Gasteiger partial charge in [-0.1, -0.05) is 6.07 Å². The molecule has 1 aliphatic rings. The van der Waals surface area contributed by atoms with Crippen LogP contribution in [0.25, 0.3) is 0 Å². The van der Waals surface area contributed by atoms with Crippen molar-refractivity contribution in [1.29, 1.82) is 0 Å². The van der Waals surface area contributed by atoms with Crippen LogP contribution in [0.1, 0.15) is 52.9 Å². The lowest BCUT2D eigenvalue weighted by atomic mass is 9.83. The zero-order chi connectivity index (χ0) is 23.7. The SMILES string of the molecule is CC(C)(N)Cc1cc(C(=O)Nc2ccc3c(c2)CC(C(=O)NO)CC3)cc(C(F)(F)F)c1. The summed E-state index contributed by atoms with van der Waals surface area (Å²) in [4.78, 5) is 24.5. The van der Waals surface area contributed by atoms with Crippen molar-refractivity contribution in [2.24, 2.45) is 11.7 Å². The second-order valence-electron chi connectivity index (χ2n) is 8.94. The van der Waals surface area contributed by atoms with Gasteiger partial charge in [0.15, 0.2) is 0 Å². The molecule has 1 unspecified atom stereocenters. The smallest absolute Gasteiger partial charge is 0.325 e.